The van der Waals surface area contributed by atoms with Gasteiger partial charge in [0.05, 0.1) is 32.3 Å². The van der Waals surface area contributed by atoms with Crippen molar-refractivity contribution in [3.8, 4) is 5.75 Å². The van der Waals surface area contributed by atoms with E-state index < -0.39 is 5.97 Å². The molecule has 0 saturated carbocycles. The van der Waals surface area contributed by atoms with Gasteiger partial charge in [0.25, 0.3) is 0 Å². The first-order valence-electron chi connectivity index (χ1n) is 8.85. The second kappa shape index (κ2) is 8.67. The largest absolute Gasteiger partial charge is 0.493 e. The molecule has 1 fully saturated rings. The summed E-state index contributed by atoms with van der Waals surface area (Å²) in [6.07, 6.45) is 0.832. The first kappa shape index (κ1) is 18.2. The van der Waals surface area contributed by atoms with Crippen molar-refractivity contribution in [2.45, 2.75) is 25.3 Å². The minimum Gasteiger partial charge on any atom is -0.493 e. The number of hydrogen-bond donors (Lipinski definition) is 1. The average molecular weight is 357 g/mol. The number of benzene rings is 2. The molecule has 1 heterocycles. The molecule has 1 saturated heterocycles. The molecule has 26 heavy (non-hydrogen) atoms. The second-order valence-corrected chi connectivity index (χ2v) is 6.34. The van der Waals surface area contributed by atoms with Crippen LogP contribution in [0.25, 0.3) is 10.8 Å². The van der Waals surface area contributed by atoms with Crippen LogP contribution in [0.5, 0.6) is 5.75 Å². The van der Waals surface area contributed by atoms with E-state index in [0.717, 1.165) is 16.5 Å². The Morgan fingerprint density at radius 1 is 1.19 bits per heavy atom. The molecule has 1 N–H and O–H groups in total. The van der Waals surface area contributed by atoms with Crippen LogP contribution in [0.15, 0.2) is 42.5 Å². The van der Waals surface area contributed by atoms with E-state index in [-0.39, 0.29) is 25.0 Å². The van der Waals surface area contributed by atoms with Crippen LogP contribution < -0.4 is 4.74 Å². The summed E-state index contributed by atoms with van der Waals surface area (Å²) in [5.41, 5.74) is 0. The Morgan fingerprint density at radius 2 is 2.00 bits per heavy atom. The number of fused-ring (bicyclic) bond motifs is 1. The zero-order valence-electron chi connectivity index (χ0n) is 14.6. The zero-order valence-corrected chi connectivity index (χ0v) is 14.6. The topological polar surface area (TPSA) is 76.1 Å². The molecule has 1 aliphatic rings. The molecule has 0 aliphatic carbocycles. The van der Waals surface area contributed by atoms with Crippen molar-refractivity contribution in [1.82, 2.24) is 4.90 Å². The molecule has 0 radical (unpaired) electrons. The van der Waals surface area contributed by atoms with Crippen molar-refractivity contribution in [2.75, 3.05) is 26.4 Å². The Hall–Kier alpha value is -2.60. The van der Waals surface area contributed by atoms with Crippen LogP contribution in [0.1, 0.15) is 19.3 Å². The van der Waals surface area contributed by atoms with E-state index in [1.807, 2.05) is 42.5 Å². The lowest BCUT2D eigenvalue weighted by Crippen LogP contribution is -2.49. The van der Waals surface area contributed by atoms with E-state index in [1.54, 1.807) is 4.90 Å². The van der Waals surface area contributed by atoms with E-state index in [1.165, 1.54) is 0 Å². The van der Waals surface area contributed by atoms with Gasteiger partial charge in [-0.3, -0.25) is 9.59 Å². The van der Waals surface area contributed by atoms with Crippen molar-refractivity contribution in [1.29, 1.82) is 0 Å². The molecule has 1 aliphatic heterocycles. The lowest BCUT2D eigenvalue weighted by molar-refractivity contribution is -0.146. The maximum atomic E-state index is 12.4. The molecule has 1 unspecified atom stereocenters. The molecular formula is C20H23NO5. The van der Waals surface area contributed by atoms with Crippen LogP contribution in [-0.4, -0.2) is 54.3 Å². The Kier molecular flexibility index (Phi) is 6.07. The number of ether oxygens (including phenoxy) is 2. The summed E-state index contributed by atoms with van der Waals surface area (Å²) in [4.78, 5) is 25.0. The highest BCUT2D eigenvalue weighted by Gasteiger charge is 2.28. The van der Waals surface area contributed by atoms with Gasteiger partial charge < -0.3 is 19.5 Å². The van der Waals surface area contributed by atoms with Crippen molar-refractivity contribution in [3.05, 3.63) is 42.5 Å². The van der Waals surface area contributed by atoms with Crippen molar-refractivity contribution >= 4 is 22.6 Å². The van der Waals surface area contributed by atoms with Gasteiger partial charge in [-0.25, -0.2) is 0 Å². The van der Waals surface area contributed by atoms with Crippen molar-refractivity contribution < 1.29 is 24.2 Å². The van der Waals surface area contributed by atoms with Gasteiger partial charge in [-0.15, -0.1) is 0 Å². The molecule has 138 valence electrons. The van der Waals surface area contributed by atoms with Crippen LogP contribution in [0.4, 0.5) is 0 Å². The van der Waals surface area contributed by atoms with Crippen molar-refractivity contribution in [3.63, 3.8) is 0 Å². The minimum absolute atomic E-state index is 0.0407. The maximum absolute atomic E-state index is 12.4. The number of carbonyl (C=O) groups excluding carboxylic acids is 1. The monoisotopic (exact) mass is 357 g/mol. The predicted molar refractivity (Wildman–Crippen MR) is 97.2 cm³/mol. The fourth-order valence-corrected chi connectivity index (χ4v) is 3.22. The number of morpholine rings is 1. The van der Waals surface area contributed by atoms with Crippen LogP contribution in [0.2, 0.25) is 0 Å². The van der Waals surface area contributed by atoms with Crippen LogP contribution >= 0.6 is 0 Å². The summed E-state index contributed by atoms with van der Waals surface area (Å²) in [5, 5.41) is 11.1. The molecule has 6 nitrogen and oxygen atoms in total. The molecule has 2 aromatic rings. The van der Waals surface area contributed by atoms with Crippen LogP contribution in [0, 0.1) is 0 Å². The predicted octanol–water partition coefficient (Wildman–Crippen LogP) is 2.70. The molecule has 0 spiro atoms. The Balaban J connectivity index is 1.51. The molecule has 1 amide bonds. The fourth-order valence-electron chi connectivity index (χ4n) is 3.22. The van der Waals surface area contributed by atoms with Gasteiger partial charge in [0.1, 0.15) is 5.75 Å². The first-order valence-corrected chi connectivity index (χ1v) is 8.85. The Morgan fingerprint density at radius 3 is 2.85 bits per heavy atom. The number of carbonyl (C=O) groups is 2. The average Bonchev–Trinajstić information content (AvgIpc) is 2.65. The van der Waals surface area contributed by atoms with Crippen molar-refractivity contribution in [2.24, 2.45) is 0 Å². The molecule has 0 aromatic heterocycles. The number of rotatable bonds is 7. The van der Waals surface area contributed by atoms with Gasteiger partial charge in [0, 0.05) is 18.4 Å². The summed E-state index contributed by atoms with van der Waals surface area (Å²) in [5.74, 6) is -0.149. The van der Waals surface area contributed by atoms with Crippen LogP contribution in [-0.2, 0) is 14.3 Å². The first-order chi connectivity index (χ1) is 12.6. The van der Waals surface area contributed by atoms with Gasteiger partial charge in [-0.1, -0.05) is 36.4 Å². The molecule has 0 bridgehead atoms. The van der Waals surface area contributed by atoms with E-state index in [9.17, 15) is 9.59 Å². The number of carboxylic acids is 1. The third-order valence-corrected chi connectivity index (χ3v) is 4.50. The third kappa shape index (κ3) is 4.52. The number of amides is 1. The second-order valence-electron chi connectivity index (χ2n) is 6.34. The number of aliphatic carboxylic acids is 1. The number of hydrogen-bond acceptors (Lipinski definition) is 4. The lowest BCUT2D eigenvalue weighted by Gasteiger charge is -2.35. The lowest BCUT2D eigenvalue weighted by atomic mass is 10.1. The molecule has 6 heteroatoms. The Bertz CT molecular complexity index is 770. The van der Waals surface area contributed by atoms with E-state index in [0.29, 0.717) is 32.6 Å². The van der Waals surface area contributed by atoms with Gasteiger partial charge >= 0.3 is 5.97 Å². The van der Waals surface area contributed by atoms with E-state index >= 15 is 0 Å². The highest BCUT2D eigenvalue weighted by Crippen LogP contribution is 2.25. The SMILES string of the molecule is O=C(O)CC1COCCN1C(=O)CCCOc1cccc2ccccc12. The molecule has 1 atom stereocenters. The number of nitrogens with zero attached hydrogens (tertiary/aromatic N) is 1. The highest BCUT2D eigenvalue weighted by atomic mass is 16.5. The standard InChI is InChI=1S/C20H23NO5/c22-19(21-10-12-25-14-16(21)13-20(23)24)9-4-11-26-18-8-3-6-15-5-1-2-7-17(15)18/h1-3,5-8,16H,4,9-14H2,(H,23,24). The Labute approximate surface area is 152 Å². The van der Waals surface area contributed by atoms with Gasteiger partial charge in [0.15, 0.2) is 0 Å². The summed E-state index contributed by atoms with van der Waals surface area (Å²) in [6.45, 7) is 1.62. The molecule has 2 aromatic carbocycles. The fraction of sp³-hybridized carbons (Fsp3) is 0.400. The summed E-state index contributed by atoms with van der Waals surface area (Å²) in [7, 11) is 0. The zero-order chi connectivity index (χ0) is 18.4. The minimum atomic E-state index is -0.919. The third-order valence-electron chi connectivity index (χ3n) is 4.50. The summed E-state index contributed by atoms with van der Waals surface area (Å²) in [6, 6.07) is 13.5. The maximum Gasteiger partial charge on any atom is 0.305 e. The normalized spacial score (nSPS) is 17.2. The van der Waals surface area contributed by atoms with Gasteiger partial charge in [-0.2, -0.15) is 0 Å². The van der Waals surface area contributed by atoms with Gasteiger partial charge in [0.2, 0.25) is 5.91 Å². The number of carboxylic acid groups (broad SMARTS) is 1. The smallest absolute Gasteiger partial charge is 0.305 e. The van der Waals surface area contributed by atoms with E-state index in [2.05, 4.69) is 0 Å². The molecule has 3 rings (SSSR count). The van der Waals surface area contributed by atoms with Gasteiger partial charge in [-0.05, 0) is 17.9 Å². The quantitative estimate of drug-likeness (QED) is 0.771. The van der Waals surface area contributed by atoms with E-state index in [4.69, 9.17) is 14.6 Å². The summed E-state index contributed by atoms with van der Waals surface area (Å²) < 4.78 is 11.2. The van der Waals surface area contributed by atoms with Crippen LogP contribution in [0.3, 0.4) is 0 Å². The molecular weight excluding hydrogens is 334 g/mol. The summed E-state index contributed by atoms with van der Waals surface area (Å²) >= 11 is 0. The highest BCUT2D eigenvalue weighted by molar-refractivity contribution is 5.88.